The standard InChI is InChI=1S/C27H28FN7O2/c1-15-20(12-32-34-15)18-8-16(9-19(28)10-18)4-7-36-26-25-22(11-31-27(26)29)23(14-37-25)21-13-33-35-24(21)17-2-5-30-6-3-17/h8-14,17,30H,2-7H2,1H3,(H2,29,31)(H,32,34)(H,33,35). The molecular weight excluding hydrogens is 473 g/mol. The van der Waals surface area contributed by atoms with Gasteiger partial charge in [-0.3, -0.25) is 10.2 Å². The molecule has 1 aromatic carbocycles. The summed E-state index contributed by atoms with van der Waals surface area (Å²) in [6, 6.07) is 4.96. The number of hydrogen-bond acceptors (Lipinski definition) is 7. The number of nitrogens with zero attached hydrogens (tertiary/aromatic N) is 3. The number of benzene rings is 1. The van der Waals surface area contributed by atoms with Gasteiger partial charge in [0.05, 0.1) is 23.4 Å². The van der Waals surface area contributed by atoms with E-state index in [1.54, 1.807) is 18.7 Å². The molecule has 0 saturated carbocycles. The van der Waals surface area contributed by atoms with Crippen molar-refractivity contribution in [2.75, 3.05) is 25.4 Å². The molecule has 0 spiro atoms. The highest BCUT2D eigenvalue weighted by Crippen LogP contribution is 2.40. The van der Waals surface area contributed by atoms with Crippen LogP contribution in [0.15, 0.2) is 47.5 Å². The third kappa shape index (κ3) is 4.44. The van der Waals surface area contributed by atoms with Crippen molar-refractivity contribution >= 4 is 16.8 Å². The topological polar surface area (TPSA) is 131 Å². The zero-order chi connectivity index (χ0) is 25.4. The lowest BCUT2D eigenvalue weighted by atomic mass is 9.90. The van der Waals surface area contributed by atoms with Gasteiger partial charge < -0.3 is 20.2 Å². The van der Waals surface area contributed by atoms with E-state index >= 15 is 0 Å². The van der Waals surface area contributed by atoms with Crippen LogP contribution in [0.4, 0.5) is 10.2 Å². The van der Waals surface area contributed by atoms with E-state index in [9.17, 15) is 4.39 Å². The van der Waals surface area contributed by atoms with Gasteiger partial charge in [0.2, 0.25) is 5.75 Å². The average molecular weight is 502 g/mol. The Balaban J connectivity index is 1.24. The Hall–Kier alpha value is -4.18. The molecular formula is C27H28FN7O2. The Morgan fingerprint density at radius 3 is 2.70 bits per heavy atom. The molecule has 0 radical (unpaired) electrons. The third-order valence-corrected chi connectivity index (χ3v) is 7.02. The van der Waals surface area contributed by atoms with Crippen molar-refractivity contribution < 1.29 is 13.5 Å². The van der Waals surface area contributed by atoms with E-state index in [-0.39, 0.29) is 18.2 Å². The number of rotatable bonds is 7. The number of hydrogen-bond donors (Lipinski definition) is 4. The van der Waals surface area contributed by atoms with Gasteiger partial charge in [0.15, 0.2) is 11.4 Å². The molecule has 1 aliphatic rings. The van der Waals surface area contributed by atoms with Crippen molar-refractivity contribution in [3.05, 3.63) is 65.8 Å². The number of nitrogens with one attached hydrogen (secondary N) is 3. The van der Waals surface area contributed by atoms with Crippen molar-refractivity contribution in [1.82, 2.24) is 30.7 Å². The summed E-state index contributed by atoms with van der Waals surface area (Å²) < 4.78 is 26.4. The smallest absolute Gasteiger partial charge is 0.205 e. The van der Waals surface area contributed by atoms with Crippen LogP contribution in [0.2, 0.25) is 0 Å². The van der Waals surface area contributed by atoms with Crippen molar-refractivity contribution in [3.8, 4) is 28.0 Å². The quantitative estimate of drug-likeness (QED) is 0.254. The maximum Gasteiger partial charge on any atom is 0.205 e. The first kappa shape index (κ1) is 23.2. The number of furan rings is 1. The highest BCUT2D eigenvalue weighted by atomic mass is 19.1. The number of fused-ring (bicyclic) bond motifs is 1. The number of nitrogens with two attached hydrogens (primary N) is 1. The number of ether oxygens (including phenoxy) is 1. The van der Waals surface area contributed by atoms with E-state index in [1.807, 2.05) is 19.2 Å². The summed E-state index contributed by atoms with van der Waals surface area (Å²) in [5.74, 6) is 0.703. The molecule has 9 nitrogen and oxygen atoms in total. The van der Waals surface area contributed by atoms with Crippen LogP contribution >= 0.6 is 0 Å². The third-order valence-electron chi connectivity index (χ3n) is 7.02. The SMILES string of the molecule is Cc1n[nH]cc1-c1cc(F)cc(CCOc2c(N)ncc3c(-c4c[nH]nc4C4CCNCC4)coc23)c1. The van der Waals surface area contributed by atoms with Crippen LogP contribution in [0.25, 0.3) is 33.2 Å². The second-order valence-corrected chi connectivity index (χ2v) is 9.40. The summed E-state index contributed by atoms with van der Waals surface area (Å²) in [5.41, 5.74) is 12.9. The Morgan fingerprint density at radius 2 is 1.89 bits per heavy atom. The van der Waals surface area contributed by atoms with Crippen LogP contribution in [0.5, 0.6) is 5.75 Å². The summed E-state index contributed by atoms with van der Waals surface area (Å²) in [4.78, 5) is 4.37. The number of aromatic amines is 2. The summed E-state index contributed by atoms with van der Waals surface area (Å²) in [7, 11) is 0. The largest absolute Gasteiger partial charge is 0.486 e. The van der Waals surface area contributed by atoms with Crippen LogP contribution in [0.3, 0.4) is 0 Å². The number of nitrogen functional groups attached to an aromatic ring is 1. The lowest BCUT2D eigenvalue weighted by Crippen LogP contribution is -2.27. The second kappa shape index (κ2) is 9.70. The minimum Gasteiger partial charge on any atom is -0.486 e. The summed E-state index contributed by atoms with van der Waals surface area (Å²) >= 11 is 0. The fourth-order valence-electron chi connectivity index (χ4n) is 5.12. The predicted octanol–water partition coefficient (Wildman–Crippen LogP) is 4.73. The van der Waals surface area contributed by atoms with Gasteiger partial charge in [-0.25, -0.2) is 9.37 Å². The lowest BCUT2D eigenvalue weighted by Gasteiger charge is -2.21. The van der Waals surface area contributed by atoms with Gasteiger partial charge in [-0.15, -0.1) is 0 Å². The van der Waals surface area contributed by atoms with E-state index < -0.39 is 0 Å². The van der Waals surface area contributed by atoms with Gasteiger partial charge in [0.1, 0.15) is 12.1 Å². The van der Waals surface area contributed by atoms with E-state index in [0.717, 1.165) is 70.5 Å². The first-order chi connectivity index (χ1) is 18.1. The molecule has 1 aliphatic heterocycles. The van der Waals surface area contributed by atoms with Gasteiger partial charge in [-0.1, -0.05) is 6.07 Å². The Bertz CT molecular complexity index is 1550. The van der Waals surface area contributed by atoms with Crippen LogP contribution in [-0.4, -0.2) is 45.1 Å². The average Bonchev–Trinajstić information content (AvgIpc) is 3.65. The normalized spacial score (nSPS) is 14.4. The molecule has 1 saturated heterocycles. The lowest BCUT2D eigenvalue weighted by molar-refractivity contribution is 0.321. The molecule has 0 bridgehead atoms. The molecule has 0 unspecified atom stereocenters. The molecule has 1 fully saturated rings. The number of aromatic nitrogens is 5. The number of anilines is 1. The minimum atomic E-state index is -0.309. The van der Waals surface area contributed by atoms with Crippen LogP contribution in [0, 0.1) is 12.7 Å². The maximum atomic E-state index is 14.4. The van der Waals surface area contributed by atoms with E-state index in [0.29, 0.717) is 23.7 Å². The monoisotopic (exact) mass is 501 g/mol. The Labute approximate surface area is 212 Å². The highest BCUT2D eigenvalue weighted by molar-refractivity contribution is 5.98. The number of aryl methyl sites for hydroxylation is 1. The molecule has 6 rings (SSSR count). The highest BCUT2D eigenvalue weighted by Gasteiger charge is 2.24. The fourth-order valence-corrected chi connectivity index (χ4v) is 5.12. The van der Waals surface area contributed by atoms with Gasteiger partial charge in [-0.2, -0.15) is 10.2 Å². The molecule has 5 aromatic rings. The molecule has 37 heavy (non-hydrogen) atoms. The zero-order valence-electron chi connectivity index (χ0n) is 20.5. The molecule has 4 aromatic heterocycles. The van der Waals surface area contributed by atoms with Crippen molar-refractivity contribution in [1.29, 1.82) is 0 Å². The summed E-state index contributed by atoms with van der Waals surface area (Å²) in [5, 5.41) is 18.7. The Kier molecular flexibility index (Phi) is 6.09. The molecule has 10 heteroatoms. The van der Waals surface area contributed by atoms with Gasteiger partial charge in [-0.05, 0) is 56.1 Å². The summed E-state index contributed by atoms with van der Waals surface area (Å²) in [6.45, 7) is 4.12. The Morgan fingerprint density at radius 1 is 1.08 bits per heavy atom. The number of halogens is 1. The number of piperidine rings is 1. The van der Waals surface area contributed by atoms with Gasteiger partial charge >= 0.3 is 0 Å². The van der Waals surface area contributed by atoms with Crippen molar-refractivity contribution in [2.45, 2.75) is 32.1 Å². The van der Waals surface area contributed by atoms with Crippen molar-refractivity contribution in [2.24, 2.45) is 0 Å². The van der Waals surface area contributed by atoms with Gasteiger partial charge in [0.25, 0.3) is 0 Å². The van der Waals surface area contributed by atoms with Crippen LogP contribution in [0.1, 0.15) is 35.7 Å². The van der Waals surface area contributed by atoms with E-state index in [4.69, 9.17) is 14.9 Å². The van der Waals surface area contributed by atoms with Gasteiger partial charge in [0, 0.05) is 47.6 Å². The van der Waals surface area contributed by atoms with E-state index in [1.165, 1.54) is 12.1 Å². The molecule has 5 heterocycles. The first-order valence-electron chi connectivity index (χ1n) is 12.4. The summed E-state index contributed by atoms with van der Waals surface area (Å²) in [6.07, 6.45) is 9.64. The van der Waals surface area contributed by atoms with Crippen molar-refractivity contribution in [3.63, 3.8) is 0 Å². The molecule has 0 amide bonds. The van der Waals surface area contributed by atoms with Crippen LogP contribution in [-0.2, 0) is 6.42 Å². The predicted molar refractivity (Wildman–Crippen MR) is 139 cm³/mol. The van der Waals surface area contributed by atoms with Crippen LogP contribution < -0.4 is 15.8 Å². The van der Waals surface area contributed by atoms with E-state index in [2.05, 4.69) is 30.7 Å². The zero-order valence-corrected chi connectivity index (χ0v) is 20.5. The molecule has 5 N–H and O–H groups in total. The fraction of sp³-hybridized carbons (Fsp3) is 0.296. The first-order valence-corrected chi connectivity index (χ1v) is 12.4. The minimum absolute atomic E-state index is 0.244. The molecule has 190 valence electrons. The molecule has 0 aliphatic carbocycles. The number of H-pyrrole nitrogens is 2. The maximum absolute atomic E-state index is 14.4. The molecule has 0 atom stereocenters. The second-order valence-electron chi connectivity index (χ2n) is 9.40. The number of pyridine rings is 1.